The maximum absolute atomic E-state index is 13.5. The summed E-state index contributed by atoms with van der Waals surface area (Å²) in [6, 6.07) is 17.1. The smallest absolute Gasteiger partial charge is 0.231 e. The van der Waals surface area contributed by atoms with Crippen LogP contribution in [0.5, 0.6) is 11.5 Å². The molecular weight excluding hydrogens is 485 g/mol. The topological polar surface area (TPSA) is 67.5 Å². The van der Waals surface area contributed by atoms with Gasteiger partial charge in [-0.3, -0.25) is 9.69 Å². The third kappa shape index (κ3) is 3.59. The summed E-state index contributed by atoms with van der Waals surface area (Å²) in [7, 11) is 0. The van der Waals surface area contributed by atoms with Crippen molar-refractivity contribution in [1.29, 1.82) is 5.26 Å². The molecule has 6 nitrogen and oxygen atoms in total. The van der Waals surface area contributed by atoms with Crippen LogP contribution >= 0.6 is 23.2 Å². The number of hydrogen-bond donors (Lipinski definition) is 0. The van der Waals surface area contributed by atoms with Crippen molar-refractivity contribution in [3.05, 3.63) is 93.4 Å². The van der Waals surface area contributed by atoms with Crippen LogP contribution in [0, 0.1) is 11.3 Å². The Bertz CT molecular complexity index is 1450. The summed E-state index contributed by atoms with van der Waals surface area (Å²) in [6.07, 6.45) is 5.60. The van der Waals surface area contributed by atoms with E-state index in [0.717, 1.165) is 17.7 Å². The van der Waals surface area contributed by atoms with Gasteiger partial charge in [-0.1, -0.05) is 29.3 Å². The Kier molecular flexibility index (Phi) is 5.32. The number of carbonyl (C=O) groups is 1. The van der Waals surface area contributed by atoms with E-state index in [2.05, 4.69) is 6.07 Å². The molecule has 3 aromatic rings. The minimum absolute atomic E-state index is 0.0337. The normalized spacial score (nSPS) is 19.2. The van der Waals surface area contributed by atoms with Gasteiger partial charge in [0.2, 0.25) is 6.79 Å². The van der Waals surface area contributed by atoms with Crippen molar-refractivity contribution in [3.63, 3.8) is 0 Å². The van der Waals surface area contributed by atoms with E-state index in [1.165, 1.54) is 0 Å². The van der Waals surface area contributed by atoms with Crippen molar-refractivity contribution in [2.45, 2.75) is 25.2 Å². The van der Waals surface area contributed by atoms with Gasteiger partial charge in [0.25, 0.3) is 0 Å². The number of allylic oxidation sites excluding steroid dienone is 3. The number of aromatic nitrogens is 1. The van der Waals surface area contributed by atoms with Crippen molar-refractivity contribution >= 4 is 40.5 Å². The number of benzene rings is 2. The lowest BCUT2D eigenvalue weighted by atomic mass is 9.75. The molecule has 0 amide bonds. The van der Waals surface area contributed by atoms with Crippen molar-refractivity contribution in [2.24, 2.45) is 0 Å². The molecule has 1 aromatic heterocycles. The first-order valence-corrected chi connectivity index (χ1v) is 12.0. The van der Waals surface area contributed by atoms with Crippen LogP contribution in [0.4, 0.5) is 5.69 Å². The van der Waals surface area contributed by atoms with Crippen molar-refractivity contribution in [2.75, 3.05) is 11.7 Å². The van der Waals surface area contributed by atoms with Gasteiger partial charge in [0.15, 0.2) is 17.3 Å². The minimum atomic E-state index is -0.541. The molecule has 0 bridgehead atoms. The zero-order chi connectivity index (χ0) is 24.1. The fourth-order valence-corrected chi connectivity index (χ4v) is 5.66. The summed E-state index contributed by atoms with van der Waals surface area (Å²) >= 11 is 12.8. The average Bonchev–Trinajstić information content (AvgIpc) is 3.54. The van der Waals surface area contributed by atoms with E-state index in [-0.39, 0.29) is 12.6 Å². The third-order valence-corrected chi connectivity index (χ3v) is 6.97. The van der Waals surface area contributed by atoms with E-state index in [9.17, 15) is 10.1 Å². The fourth-order valence-electron chi connectivity index (χ4n) is 5.15. The van der Waals surface area contributed by atoms with Crippen LogP contribution in [0.25, 0.3) is 5.82 Å². The summed E-state index contributed by atoms with van der Waals surface area (Å²) < 4.78 is 13.0. The van der Waals surface area contributed by atoms with E-state index in [1.54, 1.807) is 18.2 Å². The van der Waals surface area contributed by atoms with Gasteiger partial charge in [-0.25, -0.2) is 0 Å². The number of carbonyl (C=O) groups excluding carboxylic acids is 1. The molecule has 0 spiro atoms. The lowest BCUT2D eigenvalue weighted by Gasteiger charge is -2.41. The first kappa shape index (κ1) is 21.8. The van der Waals surface area contributed by atoms with E-state index in [0.29, 0.717) is 57.0 Å². The molecule has 0 fully saturated rings. The molecule has 0 saturated carbocycles. The van der Waals surface area contributed by atoms with Gasteiger partial charge in [0, 0.05) is 40.1 Å². The highest BCUT2D eigenvalue weighted by molar-refractivity contribution is 6.35. The Morgan fingerprint density at radius 2 is 1.71 bits per heavy atom. The molecule has 0 saturated heterocycles. The second kappa shape index (κ2) is 8.53. The van der Waals surface area contributed by atoms with E-state index < -0.39 is 5.92 Å². The second-order valence-electron chi connectivity index (χ2n) is 8.59. The number of nitriles is 1. The van der Waals surface area contributed by atoms with E-state index >= 15 is 0 Å². The highest BCUT2D eigenvalue weighted by Crippen LogP contribution is 2.50. The number of ketones is 1. The number of rotatable bonds is 3. The van der Waals surface area contributed by atoms with Gasteiger partial charge in [-0.15, -0.1) is 0 Å². The summed E-state index contributed by atoms with van der Waals surface area (Å²) in [5.41, 5.74) is 3.43. The van der Waals surface area contributed by atoms with Crippen molar-refractivity contribution in [3.8, 4) is 17.6 Å². The lowest BCUT2D eigenvalue weighted by Crippen LogP contribution is -2.36. The molecule has 2 aliphatic heterocycles. The van der Waals surface area contributed by atoms with Gasteiger partial charge in [0.1, 0.15) is 5.82 Å². The summed E-state index contributed by atoms with van der Waals surface area (Å²) in [5, 5.41) is 11.5. The van der Waals surface area contributed by atoms with Crippen LogP contribution in [0.1, 0.15) is 30.7 Å². The molecule has 2 aromatic carbocycles. The van der Waals surface area contributed by atoms with Crippen LogP contribution in [-0.2, 0) is 4.79 Å². The highest BCUT2D eigenvalue weighted by atomic mass is 35.5. The Balaban J connectivity index is 1.66. The fraction of sp³-hybridized carbons (Fsp3) is 0.185. The van der Waals surface area contributed by atoms with Crippen LogP contribution in [0.3, 0.4) is 0 Å². The first-order chi connectivity index (χ1) is 17.0. The predicted octanol–water partition coefficient (Wildman–Crippen LogP) is 6.53. The van der Waals surface area contributed by atoms with Gasteiger partial charge in [0.05, 0.1) is 23.2 Å². The molecule has 0 unspecified atom stereocenters. The van der Waals surface area contributed by atoms with Crippen molar-refractivity contribution < 1.29 is 14.3 Å². The molecule has 0 radical (unpaired) electrons. The second-order valence-corrected chi connectivity index (χ2v) is 9.46. The molecule has 1 aliphatic carbocycles. The highest BCUT2D eigenvalue weighted by Gasteiger charge is 2.42. The van der Waals surface area contributed by atoms with Crippen LogP contribution in [0.15, 0.2) is 77.8 Å². The van der Waals surface area contributed by atoms with E-state index in [4.69, 9.17) is 32.7 Å². The zero-order valence-electron chi connectivity index (χ0n) is 18.5. The molecule has 3 aliphatic rings. The average molecular weight is 504 g/mol. The Morgan fingerprint density at radius 3 is 2.46 bits per heavy atom. The molecule has 1 atom stereocenters. The lowest BCUT2D eigenvalue weighted by molar-refractivity contribution is -0.116. The zero-order valence-corrected chi connectivity index (χ0v) is 20.0. The van der Waals surface area contributed by atoms with Crippen LogP contribution in [-0.4, -0.2) is 17.1 Å². The van der Waals surface area contributed by atoms with Gasteiger partial charge < -0.3 is 14.0 Å². The number of hydrogen-bond acceptors (Lipinski definition) is 5. The van der Waals surface area contributed by atoms with Crippen LogP contribution < -0.4 is 14.4 Å². The largest absolute Gasteiger partial charge is 0.454 e. The number of nitrogens with zero attached hydrogens (tertiary/aromatic N) is 3. The van der Waals surface area contributed by atoms with Crippen molar-refractivity contribution in [1.82, 2.24) is 4.57 Å². The predicted molar refractivity (Wildman–Crippen MR) is 133 cm³/mol. The third-order valence-electron chi connectivity index (χ3n) is 6.53. The maximum Gasteiger partial charge on any atom is 0.231 e. The Hall–Kier alpha value is -3.66. The molecule has 8 heteroatoms. The van der Waals surface area contributed by atoms with Gasteiger partial charge >= 0.3 is 0 Å². The minimum Gasteiger partial charge on any atom is -0.454 e. The number of anilines is 1. The molecule has 35 heavy (non-hydrogen) atoms. The molecule has 6 rings (SSSR count). The number of Topliss-reactive ketones (excluding diaryl/α,β-unsaturated/α-hetero) is 1. The quantitative estimate of drug-likeness (QED) is 0.406. The van der Waals surface area contributed by atoms with Gasteiger partial charge in [-0.05, 0) is 60.9 Å². The summed E-state index contributed by atoms with van der Waals surface area (Å²) in [5.74, 6) is 1.40. The molecular formula is C27H19Cl2N3O3. The van der Waals surface area contributed by atoms with Crippen LogP contribution in [0.2, 0.25) is 10.0 Å². The summed E-state index contributed by atoms with van der Waals surface area (Å²) in [6.45, 7) is 0.148. The Morgan fingerprint density at radius 1 is 0.971 bits per heavy atom. The molecule has 0 N–H and O–H groups in total. The SMILES string of the molecule is N#CC1=C(n2cccc2)N(c2cc(Cl)cc(Cl)c2)C2=C(C(=O)CCC2)[C@@H]1c1ccc2c(c1)OCO2. The maximum atomic E-state index is 13.5. The number of ether oxygens (including phenoxy) is 2. The molecule has 174 valence electrons. The number of halogens is 2. The van der Waals surface area contributed by atoms with Gasteiger partial charge in [-0.2, -0.15) is 5.26 Å². The monoisotopic (exact) mass is 503 g/mol. The Labute approximate surface area is 212 Å². The first-order valence-electron chi connectivity index (χ1n) is 11.2. The number of fused-ring (bicyclic) bond motifs is 1. The standard InChI is InChI=1S/C27H19Cl2N3O3/c28-17-11-18(29)13-19(12-17)32-21-4-3-5-22(33)26(21)25(16-6-7-23-24(10-16)35-15-34-23)20(14-30)27(32)31-8-1-2-9-31/h1-2,6-13,25H,3-5,15H2/t25-/m1/s1. The van der Waals surface area contributed by atoms with E-state index in [1.807, 2.05) is 52.2 Å². The molecule has 3 heterocycles. The summed E-state index contributed by atoms with van der Waals surface area (Å²) in [4.78, 5) is 15.4.